The highest BCUT2D eigenvalue weighted by molar-refractivity contribution is 6.32. The molecule has 0 aliphatic heterocycles. The molecule has 0 atom stereocenters. The van der Waals surface area contributed by atoms with Gasteiger partial charge in [-0.1, -0.05) is 11.6 Å². The minimum atomic E-state index is -0.471. The second-order valence-corrected chi connectivity index (χ2v) is 6.53. The van der Waals surface area contributed by atoms with Gasteiger partial charge in [0.05, 0.1) is 30.3 Å². The first-order valence-electron chi connectivity index (χ1n) is 8.24. The summed E-state index contributed by atoms with van der Waals surface area (Å²) in [6.07, 6.45) is 1.59. The molecule has 0 radical (unpaired) electrons. The number of ether oxygens (including phenoxy) is 2. The van der Waals surface area contributed by atoms with E-state index in [2.05, 4.69) is 5.32 Å². The van der Waals surface area contributed by atoms with Gasteiger partial charge in [-0.2, -0.15) is 0 Å². The first kappa shape index (κ1) is 19.6. The van der Waals surface area contributed by atoms with E-state index in [-0.39, 0.29) is 12.5 Å². The number of rotatable bonds is 5. The summed E-state index contributed by atoms with van der Waals surface area (Å²) in [7, 11) is 5.90. The van der Waals surface area contributed by atoms with Gasteiger partial charge in [-0.25, -0.2) is 4.79 Å². The molecule has 0 saturated heterocycles. The van der Waals surface area contributed by atoms with E-state index in [0.29, 0.717) is 33.2 Å². The van der Waals surface area contributed by atoms with Crippen LogP contribution in [0.4, 0.5) is 5.69 Å². The third-order valence-electron chi connectivity index (χ3n) is 4.42. The number of carbonyl (C=O) groups is 1. The topological polar surface area (TPSA) is 96.5 Å². The van der Waals surface area contributed by atoms with Gasteiger partial charge in [0.25, 0.3) is 5.56 Å². The maximum absolute atomic E-state index is 12.6. The number of methoxy groups -OCH3 is 2. The van der Waals surface area contributed by atoms with Crippen LogP contribution in [0, 0.1) is 0 Å². The van der Waals surface area contributed by atoms with Crippen LogP contribution in [0.25, 0.3) is 11.0 Å². The number of anilines is 1. The fraction of sp³-hybridized carbons (Fsp3) is 0.278. The number of benzene rings is 1. The predicted octanol–water partition coefficient (Wildman–Crippen LogP) is 1.35. The Labute approximate surface area is 164 Å². The maximum Gasteiger partial charge on any atom is 0.332 e. The first-order chi connectivity index (χ1) is 13.3. The number of fused-ring (bicyclic) bond motifs is 1. The van der Waals surface area contributed by atoms with Gasteiger partial charge in [-0.3, -0.25) is 18.7 Å². The van der Waals surface area contributed by atoms with Crippen molar-refractivity contribution >= 4 is 34.2 Å². The molecule has 0 saturated carbocycles. The number of amides is 1. The van der Waals surface area contributed by atoms with Gasteiger partial charge in [-0.15, -0.1) is 0 Å². The third kappa shape index (κ3) is 3.24. The molecular formula is C18H19ClN4O5. The number of hydrogen-bond donors (Lipinski definition) is 1. The lowest BCUT2D eigenvalue weighted by molar-refractivity contribution is -0.116. The lowest BCUT2D eigenvalue weighted by Gasteiger charge is -2.14. The zero-order chi connectivity index (χ0) is 20.6. The van der Waals surface area contributed by atoms with E-state index in [9.17, 15) is 14.4 Å². The van der Waals surface area contributed by atoms with E-state index in [0.717, 1.165) is 4.57 Å². The molecule has 0 aliphatic rings. The number of halogens is 1. The van der Waals surface area contributed by atoms with Crippen LogP contribution < -0.4 is 26.0 Å². The highest BCUT2D eigenvalue weighted by Crippen LogP contribution is 2.35. The van der Waals surface area contributed by atoms with Gasteiger partial charge < -0.3 is 19.4 Å². The lowest BCUT2D eigenvalue weighted by Crippen LogP contribution is -2.37. The number of hydrogen-bond acceptors (Lipinski definition) is 5. The molecule has 2 heterocycles. The molecule has 1 N–H and O–H groups in total. The zero-order valence-electron chi connectivity index (χ0n) is 15.8. The fourth-order valence-electron chi connectivity index (χ4n) is 3.02. The highest BCUT2D eigenvalue weighted by atomic mass is 35.5. The summed E-state index contributed by atoms with van der Waals surface area (Å²) in [5, 5.41) is 3.39. The molecule has 3 rings (SSSR count). The van der Waals surface area contributed by atoms with Crippen molar-refractivity contribution in [3.8, 4) is 11.5 Å². The summed E-state index contributed by atoms with van der Waals surface area (Å²) in [6, 6.07) is 4.67. The van der Waals surface area contributed by atoms with Crippen LogP contribution in [-0.4, -0.2) is 33.8 Å². The molecule has 0 fully saturated rings. The number of aromatic nitrogens is 3. The Morgan fingerprint density at radius 3 is 2.43 bits per heavy atom. The molecular weight excluding hydrogens is 388 g/mol. The van der Waals surface area contributed by atoms with Crippen LogP contribution in [0.5, 0.6) is 11.5 Å². The quantitative estimate of drug-likeness (QED) is 0.690. The van der Waals surface area contributed by atoms with Crippen LogP contribution in [0.3, 0.4) is 0 Å². The van der Waals surface area contributed by atoms with Gasteiger partial charge in [0, 0.05) is 26.4 Å². The van der Waals surface area contributed by atoms with Crippen molar-refractivity contribution in [1.29, 1.82) is 0 Å². The Morgan fingerprint density at radius 2 is 1.79 bits per heavy atom. The predicted molar refractivity (Wildman–Crippen MR) is 106 cm³/mol. The minimum Gasteiger partial charge on any atom is -0.495 e. The zero-order valence-corrected chi connectivity index (χ0v) is 16.5. The molecule has 10 heteroatoms. The molecule has 3 aromatic rings. The SMILES string of the molecule is COc1cc(OC)c(NC(=O)Cn2ccc3c(=O)n(C)c(=O)n(C)c32)cc1Cl. The van der Waals surface area contributed by atoms with Crippen molar-refractivity contribution in [3.05, 3.63) is 50.3 Å². The van der Waals surface area contributed by atoms with E-state index in [1.807, 2.05) is 0 Å². The van der Waals surface area contributed by atoms with Crippen LogP contribution in [-0.2, 0) is 25.4 Å². The standard InChI is InChI=1S/C18H19ClN4O5/c1-21-16-10(17(25)22(2)18(21)26)5-6-23(16)9-15(24)20-12-7-11(19)13(27-3)8-14(12)28-4/h5-8H,9H2,1-4H3,(H,20,24). The van der Waals surface area contributed by atoms with Gasteiger partial charge in [0.15, 0.2) is 0 Å². The van der Waals surface area contributed by atoms with E-state index in [4.69, 9.17) is 21.1 Å². The van der Waals surface area contributed by atoms with Crippen molar-refractivity contribution < 1.29 is 14.3 Å². The van der Waals surface area contributed by atoms with Gasteiger partial charge in [-0.05, 0) is 12.1 Å². The van der Waals surface area contributed by atoms with Gasteiger partial charge in [0.2, 0.25) is 5.91 Å². The van der Waals surface area contributed by atoms with Crippen molar-refractivity contribution in [1.82, 2.24) is 13.7 Å². The molecule has 0 aliphatic carbocycles. The van der Waals surface area contributed by atoms with E-state index in [1.165, 1.54) is 36.5 Å². The molecule has 1 aromatic carbocycles. The molecule has 148 valence electrons. The molecule has 2 aromatic heterocycles. The first-order valence-corrected chi connectivity index (χ1v) is 8.62. The smallest absolute Gasteiger partial charge is 0.332 e. The van der Waals surface area contributed by atoms with Crippen LogP contribution in [0.1, 0.15) is 0 Å². The Kier molecular flexibility index (Phi) is 5.19. The highest BCUT2D eigenvalue weighted by Gasteiger charge is 2.16. The largest absolute Gasteiger partial charge is 0.495 e. The second kappa shape index (κ2) is 7.43. The van der Waals surface area contributed by atoms with Gasteiger partial charge >= 0.3 is 5.69 Å². The van der Waals surface area contributed by atoms with E-state index < -0.39 is 11.2 Å². The summed E-state index contributed by atoms with van der Waals surface area (Å²) in [5.74, 6) is 0.414. The fourth-order valence-corrected chi connectivity index (χ4v) is 3.26. The molecule has 1 amide bonds. The second-order valence-electron chi connectivity index (χ2n) is 6.12. The van der Waals surface area contributed by atoms with Crippen molar-refractivity contribution in [2.24, 2.45) is 14.1 Å². The lowest BCUT2D eigenvalue weighted by atomic mass is 10.2. The summed E-state index contributed by atoms with van der Waals surface area (Å²) < 4.78 is 14.3. The van der Waals surface area contributed by atoms with Crippen molar-refractivity contribution in [3.63, 3.8) is 0 Å². The summed E-state index contributed by atoms with van der Waals surface area (Å²) >= 11 is 6.12. The Morgan fingerprint density at radius 1 is 1.11 bits per heavy atom. The maximum atomic E-state index is 12.6. The number of carbonyl (C=O) groups excluding carboxylic acids is 1. The van der Waals surface area contributed by atoms with Crippen LogP contribution in [0.2, 0.25) is 5.02 Å². The Hall–Kier alpha value is -3.20. The van der Waals surface area contributed by atoms with E-state index >= 15 is 0 Å². The van der Waals surface area contributed by atoms with Crippen molar-refractivity contribution in [2.75, 3.05) is 19.5 Å². The normalized spacial score (nSPS) is 10.9. The summed E-state index contributed by atoms with van der Waals surface area (Å²) in [4.78, 5) is 37.0. The minimum absolute atomic E-state index is 0.114. The summed E-state index contributed by atoms with van der Waals surface area (Å²) in [5.41, 5.74) is -0.148. The number of nitrogens with one attached hydrogen (secondary N) is 1. The summed E-state index contributed by atoms with van der Waals surface area (Å²) in [6.45, 7) is -0.114. The number of aryl methyl sites for hydroxylation is 1. The Balaban J connectivity index is 1.94. The molecule has 0 bridgehead atoms. The van der Waals surface area contributed by atoms with Crippen molar-refractivity contribution in [2.45, 2.75) is 6.54 Å². The van der Waals surface area contributed by atoms with E-state index in [1.54, 1.807) is 25.4 Å². The van der Waals surface area contributed by atoms with Crippen LogP contribution >= 0.6 is 11.6 Å². The molecule has 0 spiro atoms. The molecule has 9 nitrogen and oxygen atoms in total. The average Bonchev–Trinajstić information content (AvgIpc) is 3.08. The monoisotopic (exact) mass is 406 g/mol. The third-order valence-corrected chi connectivity index (χ3v) is 4.72. The van der Waals surface area contributed by atoms with Gasteiger partial charge in [0.1, 0.15) is 23.7 Å². The molecule has 0 unspecified atom stereocenters. The average molecular weight is 407 g/mol. The molecule has 28 heavy (non-hydrogen) atoms. The van der Waals surface area contributed by atoms with Crippen LogP contribution in [0.15, 0.2) is 34.0 Å². The number of nitrogens with zero attached hydrogens (tertiary/aromatic N) is 3. The Bertz CT molecular complexity index is 1190.